The van der Waals surface area contributed by atoms with Gasteiger partial charge in [0.15, 0.2) is 6.10 Å². The number of rotatable bonds is 7. The van der Waals surface area contributed by atoms with Gasteiger partial charge in [0.05, 0.1) is 19.4 Å². The fourth-order valence-electron chi connectivity index (χ4n) is 2.94. The van der Waals surface area contributed by atoms with Gasteiger partial charge in [-0.3, -0.25) is 4.79 Å². The number of carbonyl (C=O) groups excluding carboxylic acids is 1. The van der Waals surface area contributed by atoms with Crippen molar-refractivity contribution < 1.29 is 18.8 Å². The third-order valence-corrected chi connectivity index (χ3v) is 4.32. The van der Waals surface area contributed by atoms with Crippen LogP contribution in [0.4, 0.5) is 4.39 Å². The summed E-state index contributed by atoms with van der Waals surface area (Å²) in [4.78, 5) is 19.9. The number of hydrogen-bond donors (Lipinski definition) is 0. The fraction of sp³-hybridized carbons (Fsp3) is 0.238. The summed E-state index contributed by atoms with van der Waals surface area (Å²) in [6.45, 7) is 4.43. The molecule has 0 unspecified atom stereocenters. The second kappa shape index (κ2) is 8.49. The van der Waals surface area contributed by atoms with E-state index in [0.29, 0.717) is 42.1 Å². The molecule has 3 rings (SSSR count). The Morgan fingerprint density at radius 2 is 2.07 bits per heavy atom. The first kappa shape index (κ1) is 18.6. The van der Waals surface area contributed by atoms with E-state index in [1.807, 2.05) is 0 Å². The summed E-state index contributed by atoms with van der Waals surface area (Å²) >= 11 is 0. The SMILES string of the molecule is C=CCN(C[C@@H]1CC(c2ccccc2F)=NO1)C(=O)c1ccc(OC)cc1. The number of halogens is 1. The predicted octanol–water partition coefficient (Wildman–Crippen LogP) is 3.66. The number of benzene rings is 2. The highest BCUT2D eigenvalue weighted by Crippen LogP contribution is 2.21. The number of amides is 1. The smallest absolute Gasteiger partial charge is 0.254 e. The molecule has 1 heterocycles. The molecule has 1 aliphatic rings. The van der Waals surface area contributed by atoms with Gasteiger partial charge in [0.25, 0.3) is 5.91 Å². The summed E-state index contributed by atoms with van der Waals surface area (Å²) in [7, 11) is 1.57. The van der Waals surface area contributed by atoms with E-state index in [0.717, 1.165) is 0 Å². The van der Waals surface area contributed by atoms with Crippen molar-refractivity contribution in [2.45, 2.75) is 12.5 Å². The first-order valence-electron chi connectivity index (χ1n) is 8.64. The second-order valence-electron chi connectivity index (χ2n) is 6.18. The molecule has 0 bridgehead atoms. The van der Waals surface area contributed by atoms with Crippen molar-refractivity contribution in [1.29, 1.82) is 0 Å². The minimum atomic E-state index is -0.335. The van der Waals surface area contributed by atoms with Crippen LogP contribution in [0.3, 0.4) is 0 Å². The number of oxime groups is 1. The van der Waals surface area contributed by atoms with E-state index in [2.05, 4.69) is 11.7 Å². The van der Waals surface area contributed by atoms with Crippen LogP contribution in [0.15, 0.2) is 66.3 Å². The molecule has 5 nitrogen and oxygen atoms in total. The lowest BCUT2D eigenvalue weighted by Gasteiger charge is -2.23. The van der Waals surface area contributed by atoms with Crippen molar-refractivity contribution in [1.82, 2.24) is 4.90 Å². The van der Waals surface area contributed by atoms with Crippen LogP contribution in [0.25, 0.3) is 0 Å². The first-order chi connectivity index (χ1) is 13.1. The van der Waals surface area contributed by atoms with E-state index in [9.17, 15) is 9.18 Å². The Kier molecular flexibility index (Phi) is 5.86. The van der Waals surface area contributed by atoms with E-state index < -0.39 is 0 Å². The van der Waals surface area contributed by atoms with E-state index in [1.165, 1.54) is 6.07 Å². The van der Waals surface area contributed by atoms with E-state index >= 15 is 0 Å². The number of hydrogen-bond acceptors (Lipinski definition) is 4. The predicted molar refractivity (Wildman–Crippen MR) is 102 cm³/mol. The average molecular weight is 368 g/mol. The van der Waals surface area contributed by atoms with Crippen LogP contribution < -0.4 is 4.74 Å². The molecule has 1 amide bonds. The molecule has 1 atom stereocenters. The highest BCUT2D eigenvalue weighted by Gasteiger charge is 2.27. The van der Waals surface area contributed by atoms with Gasteiger partial charge in [-0.25, -0.2) is 4.39 Å². The maximum atomic E-state index is 13.9. The van der Waals surface area contributed by atoms with Crippen molar-refractivity contribution in [3.05, 3.63) is 78.1 Å². The first-order valence-corrected chi connectivity index (χ1v) is 8.64. The van der Waals surface area contributed by atoms with Gasteiger partial charge in [-0.1, -0.05) is 29.4 Å². The van der Waals surface area contributed by atoms with E-state index in [4.69, 9.17) is 9.57 Å². The third kappa shape index (κ3) is 4.34. The fourth-order valence-corrected chi connectivity index (χ4v) is 2.94. The van der Waals surface area contributed by atoms with Crippen LogP contribution in [0, 0.1) is 5.82 Å². The highest BCUT2D eigenvalue weighted by molar-refractivity contribution is 6.01. The lowest BCUT2D eigenvalue weighted by Crippen LogP contribution is -2.37. The minimum absolute atomic E-state index is 0.138. The number of carbonyl (C=O) groups is 1. The lowest BCUT2D eigenvalue weighted by atomic mass is 10.0. The summed E-state index contributed by atoms with van der Waals surface area (Å²) in [6, 6.07) is 13.4. The van der Waals surface area contributed by atoms with Gasteiger partial charge < -0.3 is 14.5 Å². The van der Waals surface area contributed by atoms with Gasteiger partial charge in [0, 0.05) is 24.1 Å². The topological polar surface area (TPSA) is 51.1 Å². The molecule has 0 aromatic heterocycles. The quantitative estimate of drug-likeness (QED) is 0.701. The maximum absolute atomic E-state index is 13.9. The standard InChI is InChI=1S/C21H21FN2O3/c1-3-12-24(21(25)15-8-10-16(26-2)11-9-15)14-17-13-20(23-27-17)18-6-4-5-7-19(18)22/h3-11,17H,1,12-14H2,2H3/t17-/m0/s1. The van der Waals surface area contributed by atoms with Gasteiger partial charge >= 0.3 is 0 Å². The Labute approximate surface area is 157 Å². The van der Waals surface area contributed by atoms with Crippen molar-refractivity contribution >= 4 is 11.6 Å². The number of ether oxygens (including phenoxy) is 1. The molecule has 140 valence electrons. The molecule has 0 saturated carbocycles. The molecule has 1 aliphatic heterocycles. The zero-order valence-electron chi connectivity index (χ0n) is 15.1. The van der Waals surface area contributed by atoms with Gasteiger partial charge in [0.1, 0.15) is 11.6 Å². The molecular formula is C21H21FN2O3. The van der Waals surface area contributed by atoms with Crippen molar-refractivity contribution in [3.63, 3.8) is 0 Å². The molecule has 2 aromatic carbocycles. The Hall–Kier alpha value is -3.15. The van der Waals surface area contributed by atoms with E-state index in [1.54, 1.807) is 60.6 Å². The zero-order chi connectivity index (χ0) is 19.2. The van der Waals surface area contributed by atoms with Crippen molar-refractivity contribution in [3.8, 4) is 5.75 Å². The summed E-state index contributed by atoms with van der Waals surface area (Å²) in [6.07, 6.45) is 1.76. The average Bonchev–Trinajstić information content (AvgIpc) is 3.16. The van der Waals surface area contributed by atoms with Crippen molar-refractivity contribution in [2.24, 2.45) is 5.16 Å². The Morgan fingerprint density at radius 1 is 1.33 bits per heavy atom. The van der Waals surface area contributed by atoms with Crippen LogP contribution in [-0.2, 0) is 4.84 Å². The van der Waals surface area contributed by atoms with Gasteiger partial charge in [-0.05, 0) is 30.3 Å². The lowest BCUT2D eigenvalue weighted by molar-refractivity contribution is 0.0450. The molecule has 0 saturated heterocycles. The Balaban J connectivity index is 1.67. The summed E-state index contributed by atoms with van der Waals surface area (Å²) < 4.78 is 19.1. The summed E-state index contributed by atoms with van der Waals surface area (Å²) in [5.74, 6) is 0.210. The molecule has 6 heteroatoms. The van der Waals surface area contributed by atoms with Crippen LogP contribution >= 0.6 is 0 Å². The van der Waals surface area contributed by atoms with Crippen LogP contribution in [-0.4, -0.2) is 42.8 Å². The molecule has 2 aromatic rings. The Morgan fingerprint density at radius 3 is 2.74 bits per heavy atom. The molecular weight excluding hydrogens is 347 g/mol. The zero-order valence-corrected chi connectivity index (χ0v) is 15.1. The molecule has 0 N–H and O–H groups in total. The maximum Gasteiger partial charge on any atom is 0.254 e. The molecule has 0 aliphatic carbocycles. The Bertz CT molecular complexity index is 849. The summed E-state index contributed by atoms with van der Waals surface area (Å²) in [5.41, 5.74) is 1.52. The minimum Gasteiger partial charge on any atom is -0.497 e. The van der Waals surface area contributed by atoms with Crippen molar-refractivity contribution in [2.75, 3.05) is 20.2 Å². The van der Waals surface area contributed by atoms with Gasteiger partial charge in [-0.15, -0.1) is 6.58 Å². The largest absolute Gasteiger partial charge is 0.497 e. The van der Waals surface area contributed by atoms with Crippen LogP contribution in [0.2, 0.25) is 0 Å². The van der Waals surface area contributed by atoms with Crippen LogP contribution in [0.5, 0.6) is 5.75 Å². The van der Waals surface area contributed by atoms with Crippen LogP contribution in [0.1, 0.15) is 22.3 Å². The molecule has 0 radical (unpaired) electrons. The molecule has 27 heavy (non-hydrogen) atoms. The monoisotopic (exact) mass is 368 g/mol. The van der Waals surface area contributed by atoms with E-state index in [-0.39, 0.29) is 17.8 Å². The van der Waals surface area contributed by atoms with Gasteiger partial charge in [-0.2, -0.15) is 0 Å². The third-order valence-electron chi connectivity index (χ3n) is 4.32. The van der Waals surface area contributed by atoms with Gasteiger partial charge in [0.2, 0.25) is 0 Å². The molecule has 0 fully saturated rings. The number of nitrogens with zero attached hydrogens (tertiary/aromatic N) is 2. The normalized spacial score (nSPS) is 15.6. The highest BCUT2D eigenvalue weighted by atomic mass is 19.1. The number of methoxy groups -OCH3 is 1. The summed E-state index contributed by atoms with van der Waals surface area (Å²) in [5, 5.41) is 4.01. The second-order valence-corrected chi connectivity index (χ2v) is 6.18. The molecule has 0 spiro atoms.